The van der Waals surface area contributed by atoms with E-state index in [0.29, 0.717) is 5.66 Å². The van der Waals surface area contributed by atoms with Crippen LogP contribution in [-0.4, -0.2) is 35.2 Å². The number of methoxy groups -OCH3 is 1. The molecule has 3 nitrogen and oxygen atoms in total. The normalized spacial score (nSPS) is 16.3. The first-order valence-electron chi connectivity index (χ1n) is 6.11. The summed E-state index contributed by atoms with van der Waals surface area (Å²) in [5.74, 6) is -0.00841. The molecule has 0 saturated heterocycles. The van der Waals surface area contributed by atoms with E-state index in [1.54, 1.807) is 7.11 Å². The molecule has 0 aliphatic heterocycles. The first kappa shape index (κ1) is 17.6. The molecule has 0 spiro atoms. The van der Waals surface area contributed by atoms with E-state index in [1.807, 2.05) is 0 Å². The minimum atomic E-state index is -0.0760. The molecule has 0 rings (SSSR count). The molecule has 5 heteroatoms. The van der Waals surface area contributed by atoms with E-state index in [9.17, 15) is 4.79 Å². The second-order valence-corrected chi connectivity index (χ2v) is 6.58. The molecule has 0 saturated carbocycles. The lowest BCUT2D eigenvalue weighted by atomic mass is 9.89. The van der Waals surface area contributed by atoms with Crippen molar-refractivity contribution < 1.29 is 9.53 Å². The first-order chi connectivity index (χ1) is 7.99. The minimum absolute atomic E-state index is 0.00841. The standard InChI is InChI=1S/C12H25INO2P/c1-4-5-6-12(9-13,7-10(2)17)14-11(15)8-16-3/h10H,4-9,17H2,1-3H3,(H,14,15). The molecule has 0 aromatic carbocycles. The van der Waals surface area contributed by atoms with E-state index in [-0.39, 0.29) is 18.1 Å². The van der Waals surface area contributed by atoms with Crippen LogP contribution in [0.1, 0.15) is 39.5 Å². The van der Waals surface area contributed by atoms with Gasteiger partial charge in [-0.1, -0.05) is 49.3 Å². The van der Waals surface area contributed by atoms with E-state index >= 15 is 0 Å². The van der Waals surface area contributed by atoms with Gasteiger partial charge in [0, 0.05) is 17.1 Å². The lowest BCUT2D eigenvalue weighted by molar-refractivity contribution is -0.126. The molecule has 0 aromatic rings. The summed E-state index contributed by atoms with van der Waals surface area (Å²) in [6, 6.07) is 0. The Bertz CT molecular complexity index is 227. The fraction of sp³-hybridized carbons (Fsp3) is 0.917. The Labute approximate surface area is 121 Å². The number of hydrogen-bond donors (Lipinski definition) is 1. The highest BCUT2D eigenvalue weighted by atomic mass is 127. The summed E-state index contributed by atoms with van der Waals surface area (Å²) in [6.45, 7) is 4.49. The summed E-state index contributed by atoms with van der Waals surface area (Å²) in [7, 11) is 4.37. The Kier molecular flexibility index (Phi) is 9.84. The van der Waals surface area contributed by atoms with Crippen LogP contribution in [0.15, 0.2) is 0 Å². The predicted molar refractivity (Wildman–Crippen MR) is 85.0 cm³/mol. The van der Waals surface area contributed by atoms with Crippen molar-refractivity contribution in [3.8, 4) is 0 Å². The van der Waals surface area contributed by atoms with Gasteiger partial charge in [0.25, 0.3) is 0 Å². The van der Waals surface area contributed by atoms with Crippen molar-refractivity contribution in [3.05, 3.63) is 0 Å². The van der Waals surface area contributed by atoms with Crippen molar-refractivity contribution in [1.29, 1.82) is 0 Å². The smallest absolute Gasteiger partial charge is 0.246 e. The molecule has 0 aliphatic carbocycles. The number of amides is 1. The number of rotatable bonds is 9. The molecule has 1 amide bonds. The second-order valence-electron chi connectivity index (χ2n) is 4.68. The van der Waals surface area contributed by atoms with Gasteiger partial charge in [-0.05, 0) is 18.5 Å². The maximum atomic E-state index is 11.7. The number of halogens is 1. The van der Waals surface area contributed by atoms with Crippen molar-refractivity contribution in [3.63, 3.8) is 0 Å². The topological polar surface area (TPSA) is 38.3 Å². The molecule has 0 heterocycles. The second kappa shape index (κ2) is 9.51. The summed E-state index contributed by atoms with van der Waals surface area (Å²) in [5, 5.41) is 3.16. The highest BCUT2D eigenvalue weighted by Gasteiger charge is 2.30. The lowest BCUT2D eigenvalue weighted by Crippen LogP contribution is -2.52. The number of alkyl halides is 1. The third-order valence-corrected chi connectivity index (χ3v) is 4.35. The van der Waals surface area contributed by atoms with Crippen molar-refractivity contribution in [2.45, 2.75) is 50.7 Å². The molecule has 0 fully saturated rings. The van der Waals surface area contributed by atoms with E-state index < -0.39 is 0 Å². The molecule has 0 aliphatic rings. The summed E-state index contributed by atoms with van der Waals surface area (Å²) in [4.78, 5) is 11.7. The van der Waals surface area contributed by atoms with Crippen LogP contribution < -0.4 is 5.32 Å². The van der Waals surface area contributed by atoms with Crippen LogP contribution in [0.2, 0.25) is 0 Å². The average Bonchev–Trinajstić information content (AvgIpc) is 2.25. The number of ether oxygens (including phenoxy) is 1. The zero-order chi connectivity index (χ0) is 13.3. The maximum absolute atomic E-state index is 11.7. The van der Waals surface area contributed by atoms with Crippen molar-refractivity contribution in [2.24, 2.45) is 0 Å². The van der Waals surface area contributed by atoms with E-state index in [4.69, 9.17) is 4.74 Å². The van der Waals surface area contributed by atoms with Gasteiger partial charge < -0.3 is 10.1 Å². The van der Waals surface area contributed by atoms with Gasteiger partial charge in [0.15, 0.2) is 0 Å². The van der Waals surface area contributed by atoms with Crippen LogP contribution in [0.25, 0.3) is 0 Å². The molecule has 0 bridgehead atoms. The minimum Gasteiger partial charge on any atom is -0.375 e. The molecule has 0 radical (unpaired) electrons. The van der Waals surface area contributed by atoms with Gasteiger partial charge in [0.1, 0.15) is 6.61 Å². The summed E-state index contributed by atoms with van der Waals surface area (Å²) >= 11 is 2.37. The van der Waals surface area contributed by atoms with Gasteiger partial charge >= 0.3 is 0 Å². The Morgan fingerprint density at radius 2 is 2.24 bits per heavy atom. The molecular weight excluding hydrogens is 348 g/mol. The van der Waals surface area contributed by atoms with Gasteiger partial charge in [-0.25, -0.2) is 0 Å². The largest absolute Gasteiger partial charge is 0.375 e. The molecule has 3 atom stereocenters. The van der Waals surface area contributed by atoms with E-state index in [2.05, 4.69) is 51.0 Å². The Morgan fingerprint density at radius 1 is 1.59 bits per heavy atom. The molecule has 1 N–H and O–H groups in total. The fourth-order valence-electron chi connectivity index (χ4n) is 1.96. The van der Waals surface area contributed by atoms with Gasteiger partial charge in [0.05, 0.1) is 0 Å². The number of nitrogens with one attached hydrogen (secondary N) is 1. The molecule has 3 unspecified atom stereocenters. The predicted octanol–water partition coefficient (Wildman–Crippen LogP) is 2.77. The quantitative estimate of drug-likeness (QED) is 0.384. The van der Waals surface area contributed by atoms with Crippen molar-refractivity contribution in [2.75, 3.05) is 18.1 Å². The Balaban J connectivity index is 4.59. The third kappa shape index (κ3) is 7.58. The van der Waals surface area contributed by atoms with Crippen LogP contribution in [-0.2, 0) is 9.53 Å². The average molecular weight is 373 g/mol. The van der Waals surface area contributed by atoms with Crippen molar-refractivity contribution in [1.82, 2.24) is 5.32 Å². The van der Waals surface area contributed by atoms with Gasteiger partial charge in [-0.3, -0.25) is 4.79 Å². The summed E-state index contributed by atoms with van der Waals surface area (Å²) in [6.07, 6.45) is 4.34. The van der Waals surface area contributed by atoms with Gasteiger partial charge in [-0.15, -0.1) is 9.24 Å². The van der Waals surface area contributed by atoms with E-state index in [1.165, 1.54) is 0 Å². The SMILES string of the molecule is CCCCC(CI)(CC(C)P)NC(=O)COC. The number of carbonyl (C=O) groups excluding carboxylic acids is 1. The maximum Gasteiger partial charge on any atom is 0.246 e. The van der Waals surface area contributed by atoms with Crippen LogP contribution in [0, 0.1) is 0 Å². The van der Waals surface area contributed by atoms with Crippen LogP contribution in [0.4, 0.5) is 0 Å². The van der Waals surface area contributed by atoms with Crippen LogP contribution >= 0.6 is 31.8 Å². The highest BCUT2D eigenvalue weighted by Crippen LogP contribution is 2.26. The highest BCUT2D eigenvalue weighted by molar-refractivity contribution is 14.1. The zero-order valence-corrected chi connectivity index (χ0v) is 14.4. The van der Waals surface area contributed by atoms with Gasteiger partial charge in [0.2, 0.25) is 5.91 Å². The fourth-order valence-corrected chi connectivity index (χ4v) is 3.30. The monoisotopic (exact) mass is 373 g/mol. The van der Waals surface area contributed by atoms with E-state index in [0.717, 1.165) is 30.1 Å². The zero-order valence-electron chi connectivity index (χ0n) is 11.1. The summed E-state index contributed by atoms with van der Waals surface area (Å²) < 4.78 is 5.83. The molecule has 17 heavy (non-hydrogen) atoms. The summed E-state index contributed by atoms with van der Waals surface area (Å²) in [5.41, 5.74) is 0.428. The number of unbranched alkanes of at least 4 members (excludes halogenated alkanes) is 1. The van der Waals surface area contributed by atoms with Crippen LogP contribution in [0.3, 0.4) is 0 Å². The molecular formula is C12H25INO2P. The Morgan fingerprint density at radius 3 is 2.65 bits per heavy atom. The lowest BCUT2D eigenvalue weighted by Gasteiger charge is -2.35. The molecule has 102 valence electrons. The number of carbonyl (C=O) groups is 1. The van der Waals surface area contributed by atoms with Crippen LogP contribution in [0.5, 0.6) is 0 Å². The number of hydrogen-bond acceptors (Lipinski definition) is 2. The van der Waals surface area contributed by atoms with Crippen molar-refractivity contribution >= 4 is 37.7 Å². The third-order valence-electron chi connectivity index (χ3n) is 2.66. The molecule has 0 aromatic heterocycles. The van der Waals surface area contributed by atoms with Gasteiger partial charge in [-0.2, -0.15) is 0 Å². The first-order valence-corrected chi connectivity index (χ1v) is 8.30. The Hall–Kier alpha value is 0.590.